The molecule has 0 amide bonds. The minimum atomic E-state index is -0.928. The van der Waals surface area contributed by atoms with Crippen LogP contribution < -0.4 is 10.5 Å². The zero-order valence-corrected chi connectivity index (χ0v) is 12.9. The zero-order valence-electron chi connectivity index (χ0n) is 11.3. The molecule has 106 valence electrons. The second kappa shape index (κ2) is 7.50. The number of carbonyl (C=O) groups is 1. The first-order valence-electron chi connectivity index (χ1n) is 6.38. The van der Waals surface area contributed by atoms with E-state index in [4.69, 9.17) is 10.5 Å². The summed E-state index contributed by atoms with van der Waals surface area (Å²) < 4.78 is 6.66. The smallest absolute Gasteiger partial charge is 0.344 e. The molecule has 4 nitrogen and oxygen atoms in total. The van der Waals surface area contributed by atoms with Gasteiger partial charge < -0.3 is 15.6 Å². The molecule has 0 aromatic heterocycles. The third-order valence-corrected chi connectivity index (χ3v) is 3.27. The van der Waals surface area contributed by atoms with E-state index < -0.39 is 12.1 Å². The normalized spacial score (nSPS) is 12.2. The van der Waals surface area contributed by atoms with E-state index in [-0.39, 0.29) is 0 Å². The third kappa shape index (κ3) is 4.51. The van der Waals surface area contributed by atoms with Crippen molar-refractivity contribution in [3.05, 3.63) is 27.7 Å². The molecule has 0 bridgehead atoms. The summed E-state index contributed by atoms with van der Waals surface area (Å²) in [5.74, 6) is -0.280. The average Bonchev–Trinajstić information content (AvgIpc) is 2.32. The van der Waals surface area contributed by atoms with E-state index in [9.17, 15) is 9.90 Å². The van der Waals surface area contributed by atoms with Crippen LogP contribution in [-0.2, 0) is 11.2 Å². The third-order valence-electron chi connectivity index (χ3n) is 2.82. The molecule has 0 aliphatic rings. The Balaban J connectivity index is 3.06. The lowest BCUT2D eigenvalue weighted by molar-refractivity contribution is -0.145. The molecule has 1 aromatic rings. The van der Waals surface area contributed by atoms with Gasteiger partial charge in [0, 0.05) is 4.47 Å². The Bertz CT molecular complexity index is 449. The van der Waals surface area contributed by atoms with Gasteiger partial charge in [0.15, 0.2) is 6.10 Å². The van der Waals surface area contributed by atoms with E-state index in [0.717, 1.165) is 22.0 Å². The molecule has 1 aromatic carbocycles. The van der Waals surface area contributed by atoms with Crippen molar-refractivity contribution in [2.75, 3.05) is 6.54 Å². The van der Waals surface area contributed by atoms with E-state index >= 15 is 0 Å². The van der Waals surface area contributed by atoms with Crippen LogP contribution in [0.5, 0.6) is 5.75 Å². The number of hydrogen-bond acceptors (Lipinski definition) is 3. The summed E-state index contributed by atoms with van der Waals surface area (Å²) >= 11 is 3.43. The van der Waals surface area contributed by atoms with Gasteiger partial charge in [-0.05, 0) is 49.6 Å². The molecule has 0 aliphatic carbocycles. The molecule has 0 saturated carbocycles. The minimum Gasteiger partial charge on any atom is -0.479 e. The van der Waals surface area contributed by atoms with E-state index in [1.165, 1.54) is 0 Å². The van der Waals surface area contributed by atoms with Gasteiger partial charge in [0.25, 0.3) is 0 Å². The van der Waals surface area contributed by atoms with Crippen molar-refractivity contribution in [2.24, 2.45) is 5.73 Å². The summed E-state index contributed by atoms with van der Waals surface area (Å²) in [6, 6.07) is 3.85. The van der Waals surface area contributed by atoms with Crippen LogP contribution in [0.1, 0.15) is 30.9 Å². The Morgan fingerprint density at radius 1 is 1.53 bits per heavy atom. The highest BCUT2D eigenvalue weighted by Crippen LogP contribution is 2.29. The topological polar surface area (TPSA) is 72.5 Å². The van der Waals surface area contributed by atoms with Gasteiger partial charge in [-0.25, -0.2) is 4.79 Å². The number of carboxylic acid groups (broad SMARTS) is 1. The van der Waals surface area contributed by atoms with E-state index in [2.05, 4.69) is 15.9 Å². The lowest BCUT2D eigenvalue weighted by Crippen LogP contribution is -2.27. The van der Waals surface area contributed by atoms with Crippen molar-refractivity contribution in [1.82, 2.24) is 0 Å². The summed E-state index contributed by atoms with van der Waals surface area (Å²) in [7, 11) is 0. The van der Waals surface area contributed by atoms with Gasteiger partial charge in [0.1, 0.15) is 5.75 Å². The predicted octanol–water partition coefficient (Wildman–Crippen LogP) is 2.89. The summed E-state index contributed by atoms with van der Waals surface area (Å²) in [6.07, 6.45) is 1.11. The van der Waals surface area contributed by atoms with Gasteiger partial charge in [-0.3, -0.25) is 0 Å². The number of benzene rings is 1. The maximum atomic E-state index is 11.2. The van der Waals surface area contributed by atoms with Crippen LogP contribution in [0.15, 0.2) is 16.6 Å². The van der Waals surface area contributed by atoms with Gasteiger partial charge >= 0.3 is 5.97 Å². The molecule has 1 rings (SSSR count). The molecule has 0 aliphatic heterocycles. The number of halogens is 1. The van der Waals surface area contributed by atoms with Crippen molar-refractivity contribution >= 4 is 21.9 Å². The second-order valence-corrected chi connectivity index (χ2v) is 5.40. The number of hydrogen-bond donors (Lipinski definition) is 2. The minimum absolute atomic E-state index is 0.493. The van der Waals surface area contributed by atoms with Gasteiger partial charge in [-0.1, -0.05) is 29.3 Å². The largest absolute Gasteiger partial charge is 0.479 e. The van der Waals surface area contributed by atoms with Crippen LogP contribution in [0.3, 0.4) is 0 Å². The quantitative estimate of drug-likeness (QED) is 0.806. The van der Waals surface area contributed by atoms with Gasteiger partial charge in [-0.2, -0.15) is 0 Å². The van der Waals surface area contributed by atoms with Crippen LogP contribution >= 0.6 is 15.9 Å². The molecule has 0 radical (unpaired) electrons. The Morgan fingerprint density at radius 2 is 2.21 bits per heavy atom. The molecular weight excluding hydrogens is 310 g/mol. The van der Waals surface area contributed by atoms with Crippen molar-refractivity contribution < 1.29 is 14.6 Å². The summed E-state index contributed by atoms with van der Waals surface area (Å²) in [5, 5.41) is 9.17. The highest BCUT2D eigenvalue weighted by Gasteiger charge is 2.21. The fourth-order valence-corrected chi connectivity index (χ4v) is 2.57. The Morgan fingerprint density at radius 3 is 2.74 bits per heavy atom. The molecule has 19 heavy (non-hydrogen) atoms. The summed E-state index contributed by atoms with van der Waals surface area (Å²) in [6.45, 7) is 4.34. The standard InChI is InChI=1S/C14H20BrNO3/c1-3-4-12(14(17)18)19-13-9(2)7-11(15)8-10(13)5-6-16/h7-8,12H,3-6,16H2,1-2H3,(H,17,18). The van der Waals surface area contributed by atoms with Gasteiger partial charge in [-0.15, -0.1) is 0 Å². The first kappa shape index (κ1) is 16.0. The van der Waals surface area contributed by atoms with Crippen LogP contribution in [-0.4, -0.2) is 23.7 Å². The number of rotatable bonds is 7. The summed E-state index contributed by atoms with van der Waals surface area (Å²) in [5.41, 5.74) is 7.45. The van der Waals surface area contributed by atoms with Crippen molar-refractivity contribution in [3.63, 3.8) is 0 Å². The lowest BCUT2D eigenvalue weighted by Gasteiger charge is -2.19. The highest BCUT2D eigenvalue weighted by atomic mass is 79.9. The second-order valence-electron chi connectivity index (χ2n) is 4.48. The molecule has 0 heterocycles. The van der Waals surface area contributed by atoms with E-state index in [1.54, 1.807) is 0 Å². The molecule has 1 atom stereocenters. The lowest BCUT2D eigenvalue weighted by atomic mass is 10.1. The Hall–Kier alpha value is -1.07. The Kier molecular flexibility index (Phi) is 6.31. The molecule has 0 fully saturated rings. The maximum absolute atomic E-state index is 11.2. The summed E-state index contributed by atoms with van der Waals surface area (Å²) in [4.78, 5) is 11.2. The SMILES string of the molecule is CCCC(Oc1c(C)cc(Br)cc1CCN)C(=O)O. The molecular formula is C14H20BrNO3. The van der Waals surface area contributed by atoms with Crippen molar-refractivity contribution in [2.45, 2.75) is 39.2 Å². The average molecular weight is 330 g/mol. The Labute approximate surface area is 122 Å². The number of ether oxygens (including phenoxy) is 1. The zero-order chi connectivity index (χ0) is 14.4. The van der Waals surface area contributed by atoms with Crippen LogP contribution in [0.25, 0.3) is 0 Å². The molecule has 0 spiro atoms. The molecule has 0 saturated heterocycles. The van der Waals surface area contributed by atoms with Crippen molar-refractivity contribution in [1.29, 1.82) is 0 Å². The molecule has 1 unspecified atom stereocenters. The molecule has 5 heteroatoms. The van der Waals surface area contributed by atoms with Crippen molar-refractivity contribution in [3.8, 4) is 5.75 Å². The molecule has 3 N–H and O–H groups in total. The van der Waals surface area contributed by atoms with Gasteiger partial charge in [0.05, 0.1) is 0 Å². The number of aryl methyl sites for hydroxylation is 1. The number of nitrogens with two attached hydrogens (primary N) is 1. The fraction of sp³-hybridized carbons (Fsp3) is 0.500. The monoisotopic (exact) mass is 329 g/mol. The number of aliphatic carboxylic acids is 1. The van der Waals surface area contributed by atoms with E-state index in [0.29, 0.717) is 25.1 Å². The number of carboxylic acids is 1. The van der Waals surface area contributed by atoms with Gasteiger partial charge in [0.2, 0.25) is 0 Å². The maximum Gasteiger partial charge on any atom is 0.344 e. The first-order valence-corrected chi connectivity index (χ1v) is 7.17. The van der Waals surface area contributed by atoms with E-state index in [1.807, 2.05) is 26.0 Å². The van der Waals surface area contributed by atoms with Crippen LogP contribution in [0.2, 0.25) is 0 Å². The fourth-order valence-electron chi connectivity index (χ4n) is 1.95. The van der Waals surface area contributed by atoms with Crippen LogP contribution in [0.4, 0.5) is 0 Å². The highest BCUT2D eigenvalue weighted by molar-refractivity contribution is 9.10. The predicted molar refractivity (Wildman–Crippen MR) is 78.6 cm³/mol. The van der Waals surface area contributed by atoms with Crippen LogP contribution in [0, 0.1) is 6.92 Å². The first-order chi connectivity index (χ1) is 8.99.